The molecular weight excluding hydrogens is 262 g/mol. The lowest BCUT2D eigenvalue weighted by molar-refractivity contribution is 0.0378. The predicted octanol–water partition coefficient (Wildman–Crippen LogP) is 0.245. The maximum atomic E-state index is 5.53. The topological polar surface area (TPSA) is 76.3 Å². The molecule has 2 heterocycles. The molecule has 7 heteroatoms. The lowest BCUT2D eigenvalue weighted by Gasteiger charge is -2.26. The fourth-order valence-corrected chi connectivity index (χ4v) is 2.02. The van der Waals surface area contributed by atoms with E-state index in [-0.39, 0.29) is 0 Å². The van der Waals surface area contributed by atoms with Crippen LogP contribution in [0.4, 0.5) is 5.95 Å². The van der Waals surface area contributed by atoms with Gasteiger partial charge in [0.05, 0.1) is 13.2 Å². The molecule has 0 atom stereocenters. The predicted molar refractivity (Wildman–Crippen MR) is 78.3 cm³/mol. The second-order valence-corrected chi connectivity index (χ2v) is 4.80. The summed E-state index contributed by atoms with van der Waals surface area (Å²) in [6.07, 6.45) is 2.70. The van der Waals surface area contributed by atoms with Crippen molar-refractivity contribution >= 4 is 23.2 Å². The summed E-state index contributed by atoms with van der Waals surface area (Å²) in [5.41, 5.74) is 6.13. The third-order valence-corrected chi connectivity index (χ3v) is 3.16. The summed E-state index contributed by atoms with van der Waals surface area (Å²) < 4.78 is 5.31. The molecule has 0 saturated carbocycles. The van der Waals surface area contributed by atoms with Gasteiger partial charge in [0, 0.05) is 25.8 Å². The number of morpholine rings is 1. The van der Waals surface area contributed by atoms with Crippen molar-refractivity contribution in [3.05, 3.63) is 18.0 Å². The van der Waals surface area contributed by atoms with E-state index in [1.54, 1.807) is 12.3 Å². The zero-order valence-corrected chi connectivity index (χ0v) is 11.7. The Morgan fingerprint density at radius 2 is 2.26 bits per heavy atom. The first-order valence-electron chi connectivity index (χ1n) is 6.42. The number of hydrogen-bond acceptors (Lipinski definition) is 6. The van der Waals surface area contributed by atoms with Crippen molar-refractivity contribution in [2.45, 2.75) is 6.42 Å². The van der Waals surface area contributed by atoms with Crippen molar-refractivity contribution < 1.29 is 4.74 Å². The number of nitrogens with one attached hydrogen (secondary N) is 1. The largest absolute Gasteiger partial charge is 0.388 e. The first kappa shape index (κ1) is 14.1. The van der Waals surface area contributed by atoms with Gasteiger partial charge < -0.3 is 15.8 Å². The molecule has 6 nitrogen and oxygen atoms in total. The van der Waals surface area contributed by atoms with Crippen LogP contribution in [0.25, 0.3) is 0 Å². The Labute approximate surface area is 118 Å². The Morgan fingerprint density at radius 3 is 3.00 bits per heavy atom. The summed E-state index contributed by atoms with van der Waals surface area (Å²) in [6, 6.07) is 1.71. The SMILES string of the molecule is NC(=S)c1ccnc(NCCCN2CCOCC2)n1. The van der Waals surface area contributed by atoms with Gasteiger partial charge in [-0.3, -0.25) is 4.90 Å². The van der Waals surface area contributed by atoms with Crippen LogP contribution in [0.5, 0.6) is 0 Å². The quantitative estimate of drug-likeness (QED) is 0.571. The number of nitrogens with two attached hydrogens (primary N) is 1. The molecule has 0 aromatic carbocycles. The molecule has 0 amide bonds. The number of thiocarbonyl (C=S) groups is 1. The number of anilines is 1. The van der Waals surface area contributed by atoms with E-state index < -0.39 is 0 Å². The van der Waals surface area contributed by atoms with Crippen LogP contribution in [0.2, 0.25) is 0 Å². The highest BCUT2D eigenvalue weighted by Gasteiger charge is 2.09. The molecule has 0 unspecified atom stereocenters. The fourth-order valence-electron chi connectivity index (χ4n) is 1.91. The highest BCUT2D eigenvalue weighted by molar-refractivity contribution is 7.80. The highest BCUT2D eigenvalue weighted by Crippen LogP contribution is 2.02. The van der Waals surface area contributed by atoms with Crippen molar-refractivity contribution in [3.8, 4) is 0 Å². The van der Waals surface area contributed by atoms with Gasteiger partial charge in [0.2, 0.25) is 5.95 Å². The second-order valence-electron chi connectivity index (χ2n) is 4.36. The zero-order chi connectivity index (χ0) is 13.5. The van der Waals surface area contributed by atoms with E-state index in [0.29, 0.717) is 16.6 Å². The summed E-state index contributed by atoms with van der Waals surface area (Å²) in [7, 11) is 0. The van der Waals surface area contributed by atoms with E-state index in [4.69, 9.17) is 22.7 Å². The molecule has 1 aromatic rings. The summed E-state index contributed by atoms with van der Waals surface area (Å²) in [4.78, 5) is 11.1. The van der Waals surface area contributed by atoms with Gasteiger partial charge >= 0.3 is 0 Å². The van der Waals surface area contributed by atoms with E-state index >= 15 is 0 Å². The summed E-state index contributed by atoms with van der Waals surface area (Å²) in [6.45, 7) is 5.61. The first-order chi connectivity index (χ1) is 9.25. The lowest BCUT2D eigenvalue weighted by atomic mass is 10.3. The molecule has 0 bridgehead atoms. The van der Waals surface area contributed by atoms with Gasteiger partial charge in [0.1, 0.15) is 10.7 Å². The zero-order valence-electron chi connectivity index (χ0n) is 10.8. The summed E-state index contributed by atoms with van der Waals surface area (Å²) in [5.74, 6) is 0.576. The smallest absolute Gasteiger partial charge is 0.223 e. The van der Waals surface area contributed by atoms with E-state index in [2.05, 4.69) is 20.2 Å². The standard InChI is InChI=1S/C12H19N5OS/c13-11(19)10-2-4-15-12(16-10)14-3-1-5-17-6-8-18-9-7-17/h2,4H,1,3,5-9H2,(H2,13,19)(H,14,15,16). The van der Waals surface area contributed by atoms with Gasteiger partial charge in [-0.15, -0.1) is 0 Å². The minimum atomic E-state index is 0.291. The number of aromatic nitrogens is 2. The van der Waals surface area contributed by atoms with E-state index in [9.17, 15) is 0 Å². The van der Waals surface area contributed by atoms with Crippen LogP contribution >= 0.6 is 12.2 Å². The molecule has 2 rings (SSSR count). The number of rotatable bonds is 6. The van der Waals surface area contributed by atoms with Crippen molar-refractivity contribution in [1.82, 2.24) is 14.9 Å². The average Bonchev–Trinajstić information content (AvgIpc) is 2.45. The third-order valence-electron chi connectivity index (χ3n) is 2.95. The lowest BCUT2D eigenvalue weighted by Crippen LogP contribution is -2.37. The van der Waals surface area contributed by atoms with E-state index in [1.807, 2.05) is 0 Å². The highest BCUT2D eigenvalue weighted by atomic mass is 32.1. The van der Waals surface area contributed by atoms with Gasteiger partial charge in [-0.2, -0.15) is 0 Å². The van der Waals surface area contributed by atoms with Crippen molar-refractivity contribution in [2.24, 2.45) is 5.73 Å². The van der Waals surface area contributed by atoms with Crippen LogP contribution in [0, 0.1) is 0 Å². The van der Waals surface area contributed by atoms with Gasteiger partial charge in [0.15, 0.2) is 0 Å². The molecule has 1 aromatic heterocycles. The molecule has 1 aliphatic rings. The monoisotopic (exact) mass is 281 g/mol. The van der Waals surface area contributed by atoms with Crippen LogP contribution < -0.4 is 11.1 Å². The van der Waals surface area contributed by atoms with Crippen LogP contribution in [0.3, 0.4) is 0 Å². The van der Waals surface area contributed by atoms with Crippen molar-refractivity contribution in [2.75, 3.05) is 44.7 Å². The molecule has 1 saturated heterocycles. The number of hydrogen-bond donors (Lipinski definition) is 2. The molecule has 1 fully saturated rings. The fraction of sp³-hybridized carbons (Fsp3) is 0.583. The van der Waals surface area contributed by atoms with Crippen LogP contribution in [-0.4, -0.2) is 59.2 Å². The van der Waals surface area contributed by atoms with Gasteiger partial charge in [-0.05, 0) is 19.0 Å². The molecule has 1 aliphatic heterocycles. The Balaban J connectivity index is 1.70. The normalized spacial score (nSPS) is 16.2. The van der Waals surface area contributed by atoms with Gasteiger partial charge in [-0.1, -0.05) is 12.2 Å². The van der Waals surface area contributed by atoms with Crippen LogP contribution in [0.1, 0.15) is 12.1 Å². The summed E-state index contributed by atoms with van der Waals surface area (Å²) >= 11 is 4.88. The molecule has 19 heavy (non-hydrogen) atoms. The molecule has 104 valence electrons. The maximum absolute atomic E-state index is 5.53. The minimum absolute atomic E-state index is 0.291. The Morgan fingerprint density at radius 1 is 1.47 bits per heavy atom. The van der Waals surface area contributed by atoms with E-state index in [1.165, 1.54) is 0 Å². The average molecular weight is 281 g/mol. The molecule has 0 spiro atoms. The number of ether oxygens (including phenoxy) is 1. The van der Waals surface area contributed by atoms with Crippen molar-refractivity contribution in [3.63, 3.8) is 0 Å². The van der Waals surface area contributed by atoms with E-state index in [0.717, 1.165) is 45.8 Å². The van der Waals surface area contributed by atoms with Gasteiger partial charge in [0.25, 0.3) is 0 Å². The third kappa shape index (κ3) is 4.70. The Hall–Kier alpha value is -1.31. The molecule has 3 N–H and O–H groups in total. The second kappa shape index (κ2) is 7.32. The first-order valence-corrected chi connectivity index (χ1v) is 6.83. The maximum Gasteiger partial charge on any atom is 0.223 e. The van der Waals surface area contributed by atoms with Gasteiger partial charge in [-0.25, -0.2) is 9.97 Å². The van der Waals surface area contributed by atoms with Crippen LogP contribution in [0.15, 0.2) is 12.3 Å². The number of nitrogens with zero attached hydrogens (tertiary/aromatic N) is 3. The van der Waals surface area contributed by atoms with Crippen LogP contribution in [-0.2, 0) is 4.74 Å². The Bertz CT molecular complexity index is 422. The Kier molecular flexibility index (Phi) is 5.44. The van der Waals surface area contributed by atoms with Crippen molar-refractivity contribution in [1.29, 1.82) is 0 Å². The minimum Gasteiger partial charge on any atom is -0.388 e. The molecule has 0 aliphatic carbocycles. The molecular formula is C12H19N5OS. The summed E-state index contributed by atoms with van der Waals surface area (Å²) in [5, 5.41) is 3.18. The molecule has 0 radical (unpaired) electrons.